The number of nitrogens with zero attached hydrogens (tertiary/aromatic N) is 2. The fourth-order valence-electron chi connectivity index (χ4n) is 2.06. The van der Waals surface area contributed by atoms with Gasteiger partial charge in [0.1, 0.15) is 0 Å². The Morgan fingerprint density at radius 2 is 1.90 bits per heavy atom. The van der Waals surface area contributed by atoms with Crippen molar-refractivity contribution in [2.24, 2.45) is 0 Å². The average Bonchev–Trinajstić information content (AvgIpc) is 3.01. The van der Waals surface area contributed by atoms with Crippen molar-refractivity contribution in [3.63, 3.8) is 0 Å². The van der Waals surface area contributed by atoms with E-state index in [0.29, 0.717) is 17.1 Å². The molecule has 0 radical (unpaired) electrons. The number of anilines is 1. The fraction of sp³-hybridized carbons (Fsp3) is 0. The number of benzene rings is 2. The number of hydrogen-bond acceptors (Lipinski definition) is 4. The Balaban J connectivity index is 2.09. The lowest BCUT2D eigenvalue weighted by Crippen LogP contribution is -2.08. The molecule has 2 N–H and O–H groups in total. The van der Waals surface area contributed by atoms with Gasteiger partial charge in [0, 0.05) is 5.56 Å². The molecule has 6 heteroatoms. The molecule has 0 saturated heterocycles. The first kappa shape index (κ1) is 12.9. The molecule has 6 nitrogen and oxygen atoms in total. The van der Waals surface area contributed by atoms with Crippen LogP contribution in [0.1, 0.15) is 0 Å². The van der Waals surface area contributed by atoms with Gasteiger partial charge >= 0.3 is 6.09 Å². The van der Waals surface area contributed by atoms with Crippen molar-refractivity contribution in [1.29, 1.82) is 0 Å². The predicted molar refractivity (Wildman–Crippen MR) is 76.8 cm³/mol. The normalized spacial score (nSPS) is 10.3. The van der Waals surface area contributed by atoms with Crippen molar-refractivity contribution < 1.29 is 14.4 Å². The highest BCUT2D eigenvalue weighted by atomic mass is 16.5. The highest BCUT2D eigenvalue weighted by Gasteiger charge is 2.13. The van der Waals surface area contributed by atoms with Crippen molar-refractivity contribution in [3.8, 4) is 22.5 Å². The molecule has 0 fully saturated rings. The van der Waals surface area contributed by atoms with E-state index >= 15 is 0 Å². The van der Waals surface area contributed by atoms with Crippen LogP contribution in [0.3, 0.4) is 0 Å². The highest BCUT2D eigenvalue weighted by molar-refractivity contribution is 5.91. The minimum atomic E-state index is -1.15. The molecule has 1 aromatic heterocycles. The molecule has 0 aliphatic rings. The molecule has 3 aromatic rings. The maximum Gasteiger partial charge on any atom is 0.409 e. The van der Waals surface area contributed by atoms with Crippen LogP contribution in [0.25, 0.3) is 22.5 Å². The van der Waals surface area contributed by atoms with Gasteiger partial charge in [-0.15, -0.1) is 0 Å². The van der Waals surface area contributed by atoms with Gasteiger partial charge in [-0.2, -0.15) is 4.98 Å². The van der Waals surface area contributed by atoms with Crippen LogP contribution < -0.4 is 5.32 Å². The number of carbonyl (C=O) groups is 1. The summed E-state index contributed by atoms with van der Waals surface area (Å²) in [7, 11) is 0. The maximum absolute atomic E-state index is 11.0. The van der Waals surface area contributed by atoms with Crippen LogP contribution in [0.4, 0.5) is 10.5 Å². The van der Waals surface area contributed by atoms with Crippen LogP contribution in [-0.2, 0) is 0 Å². The zero-order valence-corrected chi connectivity index (χ0v) is 10.9. The molecule has 0 aliphatic carbocycles. The van der Waals surface area contributed by atoms with Crippen LogP contribution in [0, 0.1) is 0 Å². The van der Waals surface area contributed by atoms with E-state index in [-0.39, 0.29) is 0 Å². The lowest BCUT2D eigenvalue weighted by Gasteiger charge is -2.09. The molecular weight excluding hydrogens is 270 g/mol. The number of hydrogen-bond donors (Lipinski definition) is 2. The molecule has 0 saturated carbocycles. The molecule has 2 aromatic carbocycles. The standard InChI is InChI=1S/C15H11N3O3/c19-15(20)17-13-8-11(10-4-2-1-3-5-10)6-7-12(13)14-16-9-21-18-14/h1-9,17H,(H,19,20). The molecular formula is C15H11N3O3. The minimum absolute atomic E-state index is 0.332. The summed E-state index contributed by atoms with van der Waals surface area (Å²) in [6.45, 7) is 0. The summed E-state index contributed by atoms with van der Waals surface area (Å²) in [4.78, 5) is 14.9. The number of nitrogens with one attached hydrogen (secondary N) is 1. The zero-order chi connectivity index (χ0) is 14.7. The third kappa shape index (κ3) is 2.74. The average molecular weight is 281 g/mol. The molecule has 0 spiro atoms. The third-order valence-electron chi connectivity index (χ3n) is 2.97. The van der Waals surface area contributed by atoms with E-state index in [1.807, 2.05) is 36.4 Å². The highest BCUT2D eigenvalue weighted by Crippen LogP contribution is 2.30. The Kier molecular flexibility index (Phi) is 3.34. The van der Waals surface area contributed by atoms with Crippen LogP contribution in [0.2, 0.25) is 0 Å². The van der Waals surface area contributed by atoms with Crippen LogP contribution in [0.15, 0.2) is 59.4 Å². The van der Waals surface area contributed by atoms with Gasteiger partial charge in [0.15, 0.2) is 0 Å². The lowest BCUT2D eigenvalue weighted by atomic mass is 10.0. The van der Waals surface area contributed by atoms with E-state index in [4.69, 9.17) is 9.63 Å². The smallest absolute Gasteiger partial charge is 0.409 e. The second-order valence-corrected chi connectivity index (χ2v) is 4.31. The second-order valence-electron chi connectivity index (χ2n) is 4.31. The van der Waals surface area contributed by atoms with E-state index in [1.54, 1.807) is 12.1 Å². The van der Waals surface area contributed by atoms with Crippen LogP contribution >= 0.6 is 0 Å². The number of amides is 1. The van der Waals surface area contributed by atoms with Gasteiger partial charge < -0.3 is 9.63 Å². The summed E-state index contributed by atoms with van der Waals surface area (Å²) in [6, 6.07) is 15.1. The zero-order valence-electron chi connectivity index (χ0n) is 10.9. The summed E-state index contributed by atoms with van der Waals surface area (Å²) in [5.74, 6) is 0.332. The first-order valence-corrected chi connectivity index (χ1v) is 6.20. The molecule has 1 amide bonds. The molecule has 1 heterocycles. The summed E-state index contributed by atoms with van der Waals surface area (Å²) < 4.78 is 4.71. The quantitative estimate of drug-likeness (QED) is 0.767. The number of aromatic nitrogens is 2. The van der Waals surface area contributed by atoms with E-state index in [9.17, 15) is 4.79 Å². The molecule has 0 atom stereocenters. The Labute approximate surface area is 120 Å². The van der Waals surface area contributed by atoms with Crippen LogP contribution in [-0.4, -0.2) is 21.3 Å². The van der Waals surface area contributed by atoms with Gasteiger partial charge in [0.2, 0.25) is 12.2 Å². The van der Waals surface area contributed by atoms with Crippen molar-refractivity contribution in [1.82, 2.24) is 10.1 Å². The molecule has 104 valence electrons. The van der Waals surface area contributed by atoms with Crippen molar-refractivity contribution in [2.75, 3.05) is 5.32 Å². The Bertz CT molecular complexity index is 755. The fourth-order valence-corrected chi connectivity index (χ4v) is 2.06. The van der Waals surface area contributed by atoms with E-state index in [2.05, 4.69) is 15.5 Å². The van der Waals surface area contributed by atoms with E-state index in [0.717, 1.165) is 11.1 Å². The van der Waals surface area contributed by atoms with Gasteiger partial charge in [-0.3, -0.25) is 5.32 Å². The van der Waals surface area contributed by atoms with Gasteiger partial charge in [0.25, 0.3) is 0 Å². The summed E-state index contributed by atoms with van der Waals surface area (Å²) in [6.07, 6.45) is 0.0512. The van der Waals surface area contributed by atoms with Crippen molar-refractivity contribution >= 4 is 11.8 Å². The Morgan fingerprint density at radius 3 is 2.57 bits per heavy atom. The molecule has 0 aliphatic heterocycles. The third-order valence-corrected chi connectivity index (χ3v) is 2.97. The minimum Gasteiger partial charge on any atom is -0.465 e. The van der Waals surface area contributed by atoms with Gasteiger partial charge in [-0.25, -0.2) is 4.79 Å². The van der Waals surface area contributed by atoms with E-state index < -0.39 is 6.09 Å². The summed E-state index contributed by atoms with van der Waals surface area (Å²) >= 11 is 0. The Hall–Kier alpha value is -3.15. The van der Waals surface area contributed by atoms with Gasteiger partial charge in [-0.05, 0) is 23.3 Å². The topological polar surface area (TPSA) is 88.2 Å². The summed E-state index contributed by atoms with van der Waals surface area (Å²) in [5, 5.41) is 15.1. The largest absolute Gasteiger partial charge is 0.465 e. The van der Waals surface area contributed by atoms with Crippen molar-refractivity contribution in [3.05, 3.63) is 54.9 Å². The predicted octanol–water partition coefficient (Wildman–Crippen LogP) is 3.49. The molecule has 21 heavy (non-hydrogen) atoms. The first-order chi connectivity index (χ1) is 10.2. The maximum atomic E-state index is 11.0. The summed E-state index contributed by atoms with van der Waals surface area (Å²) in [5.41, 5.74) is 2.85. The van der Waals surface area contributed by atoms with Crippen molar-refractivity contribution in [2.45, 2.75) is 0 Å². The Morgan fingerprint density at radius 1 is 1.10 bits per heavy atom. The first-order valence-electron chi connectivity index (χ1n) is 6.20. The van der Waals surface area contributed by atoms with Crippen LogP contribution in [0.5, 0.6) is 0 Å². The lowest BCUT2D eigenvalue weighted by molar-refractivity contribution is 0.210. The number of carboxylic acid groups (broad SMARTS) is 1. The second kappa shape index (κ2) is 5.46. The molecule has 3 rings (SSSR count). The van der Waals surface area contributed by atoms with E-state index in [1.165, 1.54) is 6.39 Å². The number of rotatable bonds is 3. The monoisotopic (exact) mass is 281 g/mol. The molecule has 0 bridgehead atoms. The van der Waals surface area contributed by atoms with Gasteiger partial charge in [0.05, 0.1) is 5.69 Å². The van der Waals surface area contributed by atoms with Gasteiger partial charge in [-0.1, -0.05) is 41.6 Å². The SMILES string of the molecule is O=C(O)Nc1cc(-c2ccccc2)ccc1-c1ncon1. The molecule has 0 unspecified atom stereocenters.